The maximum Gasteiger partial charge on any atom is 0.233 e. The zero-order chi connectivity index (χ0) is 11.4. The minimum atomic E-state index is 0.418. The molecule has 1 aliphatic carbocycles. The smallest absolute Gasteiger partial charge is 0.233 e. The molecule has 2 rings (SSSR count). The van der Waals surface area contributed by atoms with E-state index in [9.17, 15) is 0 Å². The number of hydrogen-bond acceptors (Lipinski definition) is 4. The molecule has 4 heteroatoms. The number of ether oxygens (including phenoxy) is 1. The molecule has 0 spiro atoms. The van der Waals surface area contributed by atoms with Crippen LogP contribution in [0.3, 0.4) is 0 Å². The molecule has 0 aliphatic heterocycles. The Bertz CT molecular complexity index is 361. The highest BCUT2D eigenvalue weighted by atomic mass is 16.5. The molecule has 0 bridgehead atoms. The van der Waals surface area contributed by atoms with Crippen LogP contribution in [0.4, 0.5) is 5.82 Å². The average Bonchev–Trinajstić information content (AvgIpc) is 2.30. The number of nitrogens with zero attached hydrogens (tertiary/aromatic N) is 2. The lowest BCUT2D eigenvalue weighted by molar-refractivity contribution is 0.191. The summed E-state index contributed by atoms with van der Waals surface area (Å²) in [5.74, 6) is 2.22. The van der Waals surface area contributed by atoms with Gasteiger partial charge < -0.3 is 10.5 Å². The zero-order valence-corrected chi connectivity index (χ0v) is 9.47. The van der Waals surface area contributed by atoms with E-state index >= 15 is 0 Å². The Morgan fingerprint density at radius 2 is 2.12 bits per heavy atom. The number of allylic oxidation sites excluding steroid dienone is 2. The number of rotatable bonds is 3. The fourth-order valence-electron chi connectivity index (χ4n) is 1.84. The first-order valence-electron chi connectivity index (χ1n) is 5.62. The second kappa shape index (κ2) is 4.96. The molecule has 1 aromatic heterocycles. The van der Waals surface area contributed by atoms with Crippen molar-refractivity contribution in [3.63, 3.8) is 0 Å². The summed E-state index contributed by atoms with van der Waals surface area (Å²) in [7, 11) is 0. The van der Waals surface area contributed by atoms with Gasteiger partial charge in [-0.25, -0.2) is 0 Å². The lowest BCUT2D eigenvalue weighted by atomic mass is 9.85. The molecule has 86 valence electrons. The van der Waals surface area contributed by atoms with Crippen molar-refractivity contribution < 1.29 is 4.74 Å². The zero-order valence-electron chi connectivity index (χ0n) is 9.47. The molecule has 0 saturated carbocycles. The number of aromatic nitrogens is 2. The van der Waals surface area contributed by atoms with E-state index in [1.807, 2.05) is 0 Å². The van der Waals surface area contributed by atoms with Crippen molar-refractivity contribution in [1.29, 1.82) is 0 Å². The van der Waals surface area contributed by atoms with E-state index in [-0.39, 0.29) is 0 Å². The Kier molecular flexibility index (Phi) is 3.39. The third-order valence-corrected chi connectivity index (χ3v) is 3.02. The minimum Gasteiger partial charge on any atom is -0.476 e. The predicted octanol–water partition coefficient (Wildman–Crippen LogP) is 2.04. The molecular weight excluding hydrogens is 202 g/mol. The van der Waals surface area contributed by atoms with Crippen molar-refractivity contribution in [2.75, 3.05) is 12.3 Å². The van der Waals surface area contributed by atoms with Gasteiger partial charge in [0.25, 0.3) is 0 Å². The van der Waals surface area contributed by atoms with Gasteiger partial charge in [0.05, 0.1) is 6.61 Å². The molecule has 16 heavy (non-hydrogen) atoms. The third-order valence-electron chi connectivity index (χ3n) is 3.02. The topological polar surface area (TPSA) is 61.0 Å². The maximum absolute atomic E-state index is 5.61. The van der Waals surface area contributed by atoms with Crippen molar-refractivity contribution >= 4 is 5.82 Å². The number of nitrogen functional groups attached to an aromatic ring is 1. The van der Waals surface area contributed by atoms with Gasteiger partial charge in [-0.15, -0.1) is 10.2 Å². The van der Waals surface area contributed by atoms with E-state index in [0.717, 1.165) is 12.8 Å². The molecule has 4 nitrogen and oxygen atoms in total. The third kappa shape index (κ3) is 2.72. The van der Waals surface area contributed by atoms with Gasteiger partial charge in [0.1, 0.15) is 5.82 Å². The van der Waals surface area contributed by atoms with Crippen LogP contribution < -0.4 is 10.5 Å². The van der Waals surface area contributed by atoms with Gasteiger partial charge in [-0.05, 0) is 30.7 Å². The van der Waals surface area contributed by atoms with Crippen molar-refractivity contribution in [2.24, 2.45) is 11.8 Å². The average molecular weight is 219 g/mol. The first-order chi connectivity index (χ1) is 7.75. The quantitative estimate of drug-likeness (QED) is 0.790. The van der Waals surface area contributed by atoms with E-state index < -0.39 is 0 Å². The number of hydrogen-bond donors (Lipinski definition) is 1. The summed E-state index contributed by atoms with van der Waals surface area (Å²) in [5, 5.41) is 7.62. The van der Waals surface area contributed by atoms with E-state index in [0.29, 0.717) is 30.1 Å². The van der Waals surface area contributed by atoms with Crippen molar-refractivity contribution in [3.05, 3.63) is 24.3 Å². The summed E-state index contributed by atoms with van der Waals surface area (Å²) in [5.41, 5.74) is 5.45. The Morgan fingerprint density at radius 1 is 1.31 bits per heavy atom. The number of nitrogens with two attached hydrogens (primary N) is 1. The van der Waals surface area contributed by atoms with E-state index in [1.165, 1.54) is 0 Å². The van der Waals surface area contributed by atoms with Gasteiger partial charge in [-0.3, -0.25) is 0 Å². The molecule has 0 saturated heterocycles. The predicted molar refractivity (Wildman–Crippen MR) is 63.0 cm³/mol. The standard InChI is InChI=1S/C12H17N3O/c1-9-4-2-3-5-10(9)8-16-12-7-6-11(13)14-15-12/h2-3,6-7,9-10H,4-5,8H2,1H3,(H2,13,14). The van der Waals surface area contributed by atoms with Crippen molar-refractivity contribution in [2.45, 2.75) is 19.8 Å². The Hall–Kier alpha value is -1.58. The van der Waals surface area contributed by atoms with E-state index in [4.69, 9.17) is 10.5 Å². The van der Waals surface area contributed by atoms with Crippen LogP contribution in [0.1, 0.15) is 19.8 Å². The highest BCUT2D eigenvalue weighted by Gasteiger charge is 2.18. The molecule has 2 N–H and O–H groups in total. The Balaban J connectivity index is 1.87. The number of anilines is 1. The van der Waals surface area contributed by atoms with Gasteiger partial charge in [0, 0.05) is 6.07 Å². The molecule has 0 radical (unpaired) electrons. The summed E-state index contributed by atoms with van der Waals surface area (Å²) in [6.07, 6.45) is 6.69. The van der Waals surface area contributed by atoms with E-state index in [1.54, 1.807) is 12.1 Å². The normalized spacial score (nSPS) is 24.3. The maximum atomic E-state index is 5.61. The van der Waals surface area contributed by atoms with Crippen molar-refractivity contribution in [1.82, 2.24) is 10.2 Å². The highest BCUT2D eigenvalue weighted by molar-refractivity contribution is 5.27. The van der Waals surface area contributed by atoms with Gasteiger partial charge in [0.15, 0.2) is 0 Å². The van der Waals surface area contributed by atoms with Crippen LogP contribution >= 0.6 is 0 Å². The van der Waals surface area contributed by atoms with Crippen LogP contribution in [-0.2, 0) is 0 Å². The van der Waals surface area contributed by atoms with Gasteiger partial charge in [0.2, 0.25) is 5.88 Å². The second-order valence-corrected chi connectivity index (χ2v) is 4.29. The molecular formula is C12H17N3O. The molecule has 1 aliphatic rings. The molecule has 2 unspecified atom stereocenters. The van der Waals surface area contributed by atoms with Crippen LogP contribution in [0.5, 0.6) is 5.88 Å². The van der Waals surface area contributed by atoms with Crippen molar-refractivity contribution in [3.8, 4) is 5.88 Å². The van der Waals surface area contributed by atoms with Crippen LogP contribution in [0.15, 0.2) is 24.3 Å². The van der Waals surface area contributed by atoms with Gasteiger partial charge >= 0.3 is 0 Å². The van der Waals surface area contributed by atoms with Gasteiger partial charge in [-0.2, -0.15) is 0 Å². The first-order valence-corrected chi connectivity index (χ1v) is 5.62. The first kappa shape index (κ1) is 10.9. The highest BCUT2D eigenvalue weighted by Crippen LogP contribution is 2.25. The van der Waals surface area contributed by atoms with Crippen LogP contribution in [0, 0.1) is 11.8 Å². The molecule has 0 amide bonds. The lowest BCUT2D eigenvalue weighted by Crippen LogP contribution is -2.21. The monoisotopic (exact) mass is 219 g/mol. The fraction of sp³-hybridized carbons (Fsp3) is 0.500. The molecule has 0 fully saturated rings. The minimum absolute atomic E-state index is 0.418. The molecule has 0 aromatic carbocycles. The second-order valence-electron chi connectivity index (χ2n) is 4.29. The Morgan fingerprint density at radius 3 is 2.81 bits per heavy atom. The summed E-state index contributed by atoms with van der Waals surface area (Å²) < 4.78 is 5.61. The summed E-state index contributed by atoms with van der Waals surface area (Å²) in [6.45, 7) is 2.95. The SMILES string of the molecule is CC1CC=CCC1COc1ccc(N)nn1. The van der Waals surface area contributed by atoms with Crippen LogP contribution in [0.2, 0.25) is 0 Å². The molecule has 1 heterocycles. The molecule has 1 aromatic rings. The molecule has 2 atom stereocenters. The fourth-order valence-corrected chi connectivity index (χ4v) is 1.84. The summed E-state index contributed by atoms with van der Waals surface area (Å²) in [6, 6.07) is 3.46. The van der Waals surface area contributed by atoms with Gasteiger partial charge in [-0.1, -0.05) is 19.1 Å². The lowest BCUT2D eigenvalue weighted by Gasteiger charge is -2.24. The van der Waals surface area contributed by atoms with E-state index in [2.05, 4.69) is 29.3 Å². The largest absolute Gasteiger partial charge is 0.476 e. The Labute approximate surface area is 95.5 Å². The van der Waals surface area contributed by atoms with Crippen LogP contribution in [0.25, 0.3) is 0 Å². The summed E-state index contributed by atoms with van der Waals surface area (Å²) in [4.78, 5) is 0. The van der Waals surface area contributed by atoms with Crippen LogP contribution in [-0.4, -0.2) is 16.8 Å². The summed E-state index contributed by atoms with van der Waals surface area (Å²) >= 11 is 0.